The number of aromatic nitrogens is 2. The van der Waals surface area contributed by atoms with Gasteiger partial charge >= 0.3 is 11.9 Å². The van der Waals surface area contributed by atoms with E-state index < -0.39 is 11.9 Å². The van der Waals surface area contributed by atoms with Crippen molar-refractivity contribution < 1.29 is 18.9 Å². The Morgan fingerprint density at radius 3 is 2.67 bits per heavy atom. The molecular weight excluding hydrogens is 198 g/mol. The van der Waals surface area contributed by atoms with Gasteiger partial charge in [-0.15, -0.1) is 4.68 Å². The molecule has 0 spiro atoms. The first-order valence-corrected chi connectivity index (χ1v) is 4.54. The van der Waals surface area contributed by atoms with Crippen molar-refractivity contribution in [1.29, 1.82) is 0 Å². The summed E-state index contributed by atoms with van der Waals surface area (Å²) in [4.78, 5) is 22.6. The Labute approximate surface area is 87.6 Å². The lowest BCUT2D eigenvalue weighted by atomic mass is 10.6. The standard InChI is InChI=1S/C9H14N3O3/c1-4-15-9(14)8(13)11(3)12-6-5-10(2)7-12/h5-7H,4H2,1-3H3/q+1. The van der Waals surface area contributed by atoms with E-state index in [2.05, 4.69) is 4.74 Å². The summed E-state index contributed by atoms with van der Waals surface area (Å²) in [6.45, 7) is 1.85. The van der Waals surface area contributed by atoms with Crippen molar-refractivity contribution in [1.82, 2.24) is 4.68 Å². The van der Waals surface area contributed by atoms with Crippen molar-refractivity contribution in [3.05, 3.63) is 18.7 Å². The third kappa shape index (κ3) is 2.55. The van der Waals surface area contributed by atoms with E-state index in [9.17, 15) is 9.59 Å². The number of amides is 1. The number of likely N-dealkylation sites (N-methyl/N-ethyl adjacent to an activating group) is 1. The number of hydrogen-bond acceptors (Lipinski definition) is 3. The number of nitrogens with zero attached hydrogens (tertiary/aromatic N) is 3. The van der Waals surface area contributed by atoms with Gasteiger partial charge in [-0.25, -0.2) is 9.36 Å². The number of imidazole rings is 1. The molecule has 0 atom stereocenters. The Morgan fingerprint density at radius 2 is 2.20 bits per heavy atom. The third-order valence-corrected chi connectivity index (χ3v) is 1.85. The summed E-state index contributed by atoms with van der Waals surface area (Å²) < 4.78 is 7.86. The summed E-state index contributed by atoms with van der Waals surface area (Å²) in [5.74, 6) is -1.55. The van der Waals surface area contributed by atoms with Gasteiger partial charge in [0.2, 0.25) is 0 Å². The highest BCUT2D eigenvalue weighted by molar-refractivity contribution is 6.36. The Morgan fingerprint density at radius 1 is 1.53 bits per heavy atom. The van der Waals surface area contributed by atoms with Gasteiger partial charge in [-0.3, -0.25) is 4.79 Å². The highest BCUT2D eigenvalue weighted by Crippen LogP contribution is 1.90. The fourth-order valence-corrected chi connectivity index (χ4v) is 1.04. The molecule has 1 aromatic heterocycles. The van der Waals surface area contributed by atoms with Crippen LogP contribution in [0.5, 0.6) is 0 Å². The maximum atomic E-state index is 11.5. The van der Waals surface area contributed by atoms with Crippen molar-refractivity contribution in [2.24, 2.45) is 7.05 Å². The molecule has 0 aromatic carbocycles. The summed E-state index contributed by atoms with van der Waals surface area (Å²) in [6, 6.07) is 0. The summed E-state index contributed by atoms with van der Waals surface area (Å²) >= 11 is 0. The molecule has 0 bridgehead atoms. The summed E-state index contributed by atoms with van der Waals surface area (Å²) in [7, 11) is 3.32. The maximum Gasteiger partial charge on any atom is 0.400 e. The van der Waals surface area contributed by atoms with E-state index in [0.29, 0.717) is 0 Å². The van der Waals surface area contributed by atoms with Crippen LogP contribution >= 0.6 is 0 Å². The van der Waals surface area contributed by atoms with E-state index in [0.717, 1.165) is 0 Å². The fraction of sp³-hybridized carbons (Fsp3) is 0.444. The molecule has 0 unspecified atom stereocenters. The molecule has 0 aliphatic heterocycles. The zero-order chi connectivity index (χ0) is 11.4. The smallest absolute Gasteiger partial charge is 0.400 e. The van der Waals surface area contributed by atoms with Crippen LogP contribution in [0.2, 0.25) is 0 Å². The number of ether oxygens (including phenoxy) is 1. The fourth-order valence-electron chi connectivity index (χ4n) is 1.04. The molecule has 0 saturated heterocycles. The molecule has 0 radical (unpaired) electrons. The van der Waals surface area contributed by atoms with E-state index in [1.807, 2.05) is 7.05 Å². The quantitative estimate of drug-likeness (QED) is 0.358. The average molecular weight is 212 g/mol. The van der Waals surface area contributed by atoms with E-state index >= 15 is 0 Å². The second-order valence-corrected chi connectivity index (χ2v) is 3.01. The molecule has 6 heteroatoms. The molecule has 82 valence electrons. The summed E-state index contributed by atoms with van der Waals surface area (Å²) in [6.07, 6.45) is 5.09. The van der Waals surface area contributed by atoms with E-state index in [4.69, 9.17) is 0 Å². The minimum absolute atomic E-state index is 0.192. The molecule has 1 aromatic rings. The van der Waals surface area contributed by atoms with Crippen LogP contribution in [0.1, 0.15) is 6.92 Å². The lowest BCUT2D eigenvalue weighted by molar-refractivity contribution is -0.671. The first-order valence-electron chi connectivity index (χ1n) is 4.54. The lowest BCUT2D eigenvalue weighted by Gasteiger charge is -2.10. The first kappa shape index (κ1) is 11.2. The van der Waals surface area contributed by atoms with Crippen LogP contribution in [0.15, 0.2) is 18.7 Å². The zero-order valence-corrected chi connectivity index (χ0v) is 9.01. The zero-order valence-electron chi connectivity index (χ0n) is 9.01. The van der Waals surface area contributed by atoms with Crippen LogP contribution in [-0.4, -0.2) is 30.2 Å². The predicted molar refractivity (Wildman–Crippen MR) is 51.4 cm³/mol. The molecule has 1 rings (SSSR count). The van der Waals surface area contributed by atoms with Crippen molar-refractivity contribution in [3.8, 4) is 0 Å². The number of rotatable bonds is 2. The predicted octanol–water partition coefficient (Wildman–Crippen LogP) is -1.03. The van der Waals surface area contributed by atoms with Gasteiger partial charge in [0.15, 0.2) is 6.20 Å². The topological polar surface area (TPSA) is 55.4 Å². The van der Waals surface area contributed by atoms with Crippen LogP contribution in [0.25, 0.3) is 0 Å². The van der Waals surface area contributed by atoms with Gasteiger partial charge in [-0.2, -0.15) is 5.01 Å². The van der Waals surface area contributed by atoms with E-state index in [1.165, 1.54) is 16.7 Å². The number of carbonyl (C=O) groups excluding carboxylic acids is 2. The Balaban J connectivity index is 2.72. The van der Waals surface area contributed by atoms with Crippen LogP contribution in [0, 0.1) is 0 Å². The van der Waals surface area contributed by atoms with Crippen molar-refractivity contribution in [3.63, 3.8) is 0 Å². The van der Waals surface area contributed by atoms with E-state index in [1.54, 1.807) is 30.2 Å². The lowest BCUT2D eigenvalue weighted by Crippen LogP contribution is -2.42. The molecule has 6 nitrogen and oxygen atoms in total. The molecule has 1 amide bonds. The molecule has 1 heterocycles. The third-order valence-electron chi connectivity index (χ3n) is 1.85. The van der Waals surface area contributed by atoms with Crippen molar-refractivity contribution in [2.45, 2.75) is 6.92 Å². The molecule has 0 N–H and O–H groups in total. The van der Waals surface area contributed by atoms with Crippen LogP contribution in [0.3, 0.4) is 0 Å². The summed E-state index contributed by atoms with van der Waals surface area (Å²) in [5, 5.41) is 1.18. The number of hydrogen-bond donors (Lipinski definition) is 0. The van der Waals surface area contributed by atoms with Crippen LogP contribution < -0.4 is 9.58 Å². The minimum atomic E-state index is -0.851. The molecule has 0 aliphatic rings. The monoisotopic (exact) mass is 212 g/mol. The van der Waals surface area contributed by atoms with Gasteiger partial charge in [0.25, 0.3) is 6.33 Å². The molecule has 15 heavy (non-hydrogen) atoms. The van der Waals surface area contributed by atoms with Gasteiger partial charge in [0, 0.05) is 0 Å². The largest absolute Gasteiger partial charge is 0.459 e. The molecule has 0 fully saturated rings. The summed E-state index contributed by atoms with van der Waals surface area (Å²) in [5.41, 5.74) is 0. The normalized spacial score (nSPS) is 9.80. The van der Waals surface area contributed by atoms with Gasteiger partial charge in [-0.05, 0) is 6.92 Å². The maximum absolute atomic E-state index is 11.5. The van der Waals surface area contributed by atoms with Gasteiger partial charge in [0.05, 0.1) is 20.7 Å². The van der Waals surface area contributed by atoms with Crippen molar-refractivity contribution >= 4 is 11.9 Å². The Bertz CT molecular complexity index is 372. The Kier molecular flexibility index (Phi) is 3.43. The second-order valence-electron chi connectivity index (χ2n) is 3.01. The van der Waals surface area contributed by atoms with Crippen LogP contribution in [0.4, 0.5) is 0 Å². The van der Waals surface area contributed by atoms with Crippen LogP contribution in [-0.2, 0) is 21.4 Å². The van der Waals surface area contributed by atoms with Gasteiger partial charge in [0.1, 0.15) is 6.20 Å². The molecule has 0 saturated carbocycles. The minimum Gasteiger partial charge on any atom is -0.459 e. The molecular formula is C9H14N3O3+. The average Bonchev–Trinajstić information content (AvgIpc) is 2.63. The van der Waals surface area contributed by atoms with Gasteiger partial charge in [-0.1, -0.05) is 0 Å². The number of carbonyl (C=O) groups is 2. The number of aryl methyl sites for hydroxylation is 1. The SMILES string of the molecule is CCOC(=O)C(=O)N(C)n1cc[n+](C)c1. The highest BCUT2D eigenvalue weighted by Gasteiger charge is 2.24. The first-order chi connectivity index (χ1) is 7.06. The van der Waals surface area contributed by atoms with Crippen molar-refractivity contribution in [2.75, 3.05) is 18.7 Å². The van der Waals surface area contributed by atoms with E-state index in [-0.39, 0.29) is 6.61 Å². The highest BCUT2D eigenvalue weighted by atomic mass is 16.5. The second kappa shape index (κ2) is 4.59. The molecule has 0 aliphatic carbocycles. The van der Waals surface area contributed by atoms with Gasteiger partial charge < -0.3 is 4.74 Å². The number of esters is 1. The Hall–Kier alpha value is -1.85.